The lowest BCUT2D eigenvalue weighted by Gasteiger charge is -2.10. The fourth-order valence-electron chi connectivity index (χ4n) is 2.51. The molecule has 2 aromatic carbocycles. The Bertz CT molecular complexity index is 812. The molecule has 1 aromatic heterocycles. The molecule has 0 bridgehead atoms. The lowest BCUT2D eigenvalue weighted by atomic mass is 10.0. The second-order valence-electron chi connectivity index (χ2n) is 5.45. The van der Waals surface area contributed by atoms with Crippen molar-refractivity contribution in [1.82, 2.24) is 9.55 Å². The van der Waals surface area contributed by atoms with E-state index in [1.165, 1.54) is 6.07 Å². The van der Waals surface area contributed by atoms with Gasteiger partial charge in [0.05, 0.1) is 12.0 Å². The minimum atomic E-state index is 0.0206. The first-order valence-corrected chi connectivity index (χ1v) is 7.82. The van der Waals surface area contributed by atoms with E-state index in [-0.39, 0.29) is 11.5 Å². The lowest BCUT2D eigenvalue weighted by Crippen LogP contribution is -2.06. The number of rotatable bonds is 6. The van der Waals surface area contributed by atoms with Crippen molar-refractivity contribution < 1.29 is 10.2 Å². The zero-order valence-electron chi connectivity index (χ0n) is 13.2. The van der Waals surface area contributed by atoms with E-state index in [9.17, 15) is 10.2 Å². The molecule has 122 valence electrons. The third-order valence-electron chi connectivity index (χ3n) is 3.69. The van der Waals surface area contributed by atoms with E-state index in [0.29, 0.717) is 12.1 Å². The molecule has 0 radical (unpaired) electrons. The Balaban J connectivity index is 1.83. The van der Waals surface area contributed by atoms with E-state index in [4.69, 9.17) is 4.99 Å². The van der Waals surface area contributed by atoms with Crippen molar-refractivity contribution in [3.8, 4) is 11.5 Å². The maximum Gasteiger partial charge on any atom is 0.128 e. The van der Waals surface area contributed by atoms with Crippen LogP contribution in [0.25, 0.3) is 0 Å². The highest BCUT2D eigenvalue weighted by Crippen LogP contribution is 2.25. The van der Waals surface area contributed by atoms with Gasteiger partial charge in [0.25, 0.3) is 0 Å². The predicted octanol–water partition coefficient (Wildman–Crippen LogP) is 3.22. The minimum Gasteiger partial charge on any atom is -0.508 e. The van der Waals surface area contributed by atoms with Gasteiger partial charge in [-0.15, -0.1) is 0 Å². The molecule has 1 heterocycles. The van der Waals surface area contributed by atoms with Crippen molar-refractivity contribution in [2.75, 3.05) is 6.54 Å². The van der Waals surface area contributed by atoms with Crippen LogP contribution in [-0.4, -0.2) is 32.0 Å². The summed E-state index contributed by atoms with van der Waals surface area (Å²) < 4.78 is 2.01. The lowest BCUT2D eigenvalue weighted by molar-refractivity contribution is 0.450. The normalized spacial score (nSPS) is 11.6. The second-order valence-corrected chi connectivity index (χ2v) is 5.45. The van der Waals surface area contributed by atoms with E-state index in [0.717, 1.165) is 24.2 Å². The summed E-state index contributed by atoms with van der Waals surface area (Å²) in [5.74, 6) is 0.0518. The number of aliphatic imine (C=N–C) groups is 1. The van der Waals surface area contributed by atoms with Crippen LogP contribution < -0.4 is 0 Å². The SMILES string of the molecule is Oc1ccc(/C(=N/CCCn2ccnc2)c2ccccc2)c(O)c1. The highest BCUT2D eigenvalue weighted by Gasteiger charge is 2.11. The molecule has 5 heteroatoms. The fourth-order valence-corrected chi connectivity index (χ4v) is 2.51. The van der Waals surface area contributed by atoms with Crippen LogP contribution in [0, 0.1) is 0 Å². The molecule has 0 spiro atoms. The van der Waals surface area contributed by atoms with Crippen LogP contribution in [0.5, 0.6) is 11.5 Å². The van der Waals surface area contributed by atoms with Gasteiger partial charge in [0, 0.05) is 42.7 Å². The maximum atomic E-state index is 10.2. The molecule has 5 nitrogen and oxygen atoms in total. The Kier molecular flexibility index (Phi) is 4.91. The first-order valence-electron chi connectivity index (χ1n) is 7.82. The van der Waals surface area contributed by atoms with E-state index in [1.54, 1.807) is 24.7 Å². The van der Waals surface area contributed by atoms with Crippen molar-refractivity contribution in [3.63, 3.8) is 0 Å². The van der Waals surface area contributed by atoms with E-state index in [1.807, 2.05) is 41.1 Å². The Morgan fingerprint density at radius 2 is 1.92 bits per heavy atom. The van der Waals surface area contributed by atoms with Gasteiger partial charge in [-0.3, -0.25) is 4.99 Å². The monoisotopic (exact) mass is 321 g/mol. The van der Waals surface area contributed by atoms with Gasteiger partial charge in [-0.25, -0.2) is 4.98 Å². The molecule has 0 atom stereocenters. The van der Waals surface area contributed by atoms with Crippen molar-refractivity contribution in [1.29, 1.82) is 0 Å². The minimum absolute atomic E-state index is 0.0206. The average Bonchev–Trinajstić information content (AvgIpc) is 3.10. The Morgan fingerprint density at radius 1 is 1.08 bits per heavy atom. The van der Waals surface area contributed by atoms with Crippen molar-refractivity contribution >= 4 is 5.71 Å². The largest absolute Gasteiger partial charge is 0.508 e. The Morgan fingerprint density at radius 3 is 2.62 bits per heavy atom. The van der Waals surface area contributed by atoms with Crippen LogP contribution in [0.3, 0.4) is 0 Å². The summed E-state index contributed by atoms with van der Waals surface area (Å²) in [5, 5.41) is 19.7. The molecule has 3 aromatic rings. The summed E-state index contributed by atoms with van der Waals surface area (Å²) in [6.45, 7) is 1.47. The summed E-state index contributed by atoms with van der Waals surface area (Å²) in [5.41, 5.74) is 2.27. The molecule has 0 fully saturated rings. The van der Waals surface area contributed by atoms with Gasteiger partial charge in [-0.05, 0) is 18.6 Å². The summed E-state index contributed by atoms with van der Waals surface area (Å²) in [7, 11) is 0. The zero-order valence-corrected chi connectivity index (χ0v) is 13.2. The molecule has 24 heavy (non-hydrogen) atoms. The molecule has 0 aliphatic heterocycles. The number of hydrogen-bond acceptors (Lipinski definition) is 4. The number of aromatic nitrogens is 2. The molecule has 0 saturated heterocycles. The van der Waals surface area contributed by atoms with Crippen LogP contribution in [0.15, 0.2) is 72.2 Å². The van der Waals surface area contributed by atoms with Gasteiger partial charge in [0.1, 0.15) is 11.5 Å². The number of nitrogens with zero attached hydrogens (tertiary/aromatic N) is 3. The Hall–Kier alpha value is -3.08. The highest BCUT2D eigenvalue weighted by atomic mass is 16.3. The van der Waals surface area contributed by atoms with E-state index < -0.39 is 0 Å². The average molecular weight is 321 g/mol. The van der Waals surface area contributed by atoms with Gasteiger partial charge in [-0.1, -0.05) is 30.3 Å². The van der Waals surface area contributed by atoms with Crippen LogP contribution in [0.4, 0.5) is 0 Å². The van der Waals surface area contributed by atoms with E-state index >= 15 is 0 Å². The highest BCUT2D eigenvalue weighted by molar-refractivity contribution is 6.14. The molecule has 3 rings (SSSR count). The summed E-state index contributed by atoms with van der Waals surface area (Å²) in [6, 6.07) is 14.3. The molecule has 0 aliphatic carbocycles. The molecule has 0 unspecified atom stereocenters. The molecule has 0 amide bonds. The molecular weight excluding hydrogens is 302 g/mol. The summed E-state index contributed by atoms with van der Waals surface area (Å²) >= 11 is 0. The van der Waals surface area contributed by atoms with Gasteiger partial charge in [0.15, 0.2) is 0 Å². The van der Waals surface area contributed by atoms with Gasteiger partial charge < -0.3 is 14.8 Å². The van der Waals surface area contributed by atoms with Crippen LogP contribution in [0.1, 0.15) is 17.5 Å². The third-order valence-corrected chi connectivity index (χ3v) is 3.69. The number of imidazole rings is 1. The topological polar surface area (TPSA) is 70.6 Å². The smallest absolute Gasteiger partial charge is 0.128 e. The van der Waals surface area contributed by atoms with Crippen LogP contribution in [0.2, 0.25) is 0 Å². The standard InChI is InChI=1S/C19H19N3O2/c23-16-7-8-17(18(24)13-16)19(15-5-2-1-3-6-15)21-9-4-11-22-12-10-20-14-22/h1-3,5-8,10,12-14,23-24H,4,9,11H2/b21-19+. The second kappa shape index (κ2) is 7.46. The first kappa shape index (κ1) is 15.8. The van der Waals surface area contributed by atoms with Crippen molar-refractivity contribution in [3.05, 3.63) is 78.4 Å². The van der Waals surface area contributed by atoms with E-state index in [2.05, 4.69) is 4.98 Å². The third kappa shape index (κ3) is 3.81. The number of hydrogen-bond donors (Lipinski definition) is 2. The van der Waals surface area contributed by atoms with Gasteiger partial charge in [-0.2, -0.15) is 0 Å². The molecule has 0 aliphatic rings. The van der Waals surface area contributed by atoms with Crippen molar-refractivity contribution in [2.45, 2.75) is 13.0 Å². The molecule has 2 N–H and O–H groups in total. The predicted molar refractivity (Wildman–Crippen MR) is 93.6 cm³/mol. The first-order chi connectivity index (χ1) is 11.7. The quantitative estimate of drug-likeness (QED) is 0.541. The fraction of sp³-hybridized carbons (Fsp3) is 0.158. The zero-order chi connectivity index (χ0) is 16.8. The molecule has 0 saturated carbocycles. The van der Waals surface area contributed by atoms with Gasteiger partial charge in [0.2, 0.25) is 0 Å². The number of aryl methyl sites for hydroxylation is 1. The maximum absolute atomic E-state index is 10.2. The summed E-state index contributed by atoms with van der Waals surface area (Å²) in [4.78, 5) is 8.72. The van der Waals surface area contributed by atoms with Crippen LogP contribution >= 0.6 is 0 Å². The number of phenolic OH excluding ortho intramolecular Hbond substituents is 2. The number of benzene rings is 2. The van der Waals surface area contributed by atoms with Gasteiger partial charge >= 0.3 is 0 Å². The number of phenols is 2. The Labute approximate surface area is 140 Å². The molecular formula is C19H19N3O2. The van der Waals surface area contributed by atoms with Crippen molar-refractivity contribution in [2.24, 2.45) is 4.99 Å². The van der Waals surface area contributed by atoms with Crippen LogP contribution in [-0.2, 0) is 6.54 Å². The number of aromatic hydroxyl groups is 2. The summed E-state index contributed by atoms with van der Waals surface area (Å²) in [6.07, 6.45) is 6.33.